The van der Waals surface area contributed by atoms with E-state index < -0.39 is 17.3 Å². The molecule has 7 heteroatoms. The molecular formula is C8H5F3N2OS. The van der Waals surface area contributed by atoms with Gasteiger partial charge in [0.15, 0.2) is 0 Å². The van der Waals surface area contributed by atoms with Crippen LogP contribution in [0.25, 0.3) is 4.83 Å². The fourth-order valence-electron chi connectivity index (χ4n) is 1.28. The van der Waals surface area contributed by atoms with Crippen LogP contribution in [0.3, 0.4) is 0 Å². The van der Waals surface area contributed by atoms with Gasteiger partial charge in [0.05, 0.1) is 5.56 Å². The van der Waals surface area contributed by atoms with Crippen molar-refractivity contribution in [2.45, 2.75) is 13.1 Å². The Morgan fingerprint density at radius 3 is 2.73 bits per heavy atom. The molecule has 0 aliphatic heterocycles. The number of alkyl halides is 3. The molecule has 0 radical (unpaired) electrons. The SMILES string of the molecule is Cc1c(C(F)(F)F)cc2scnn2c1=O. The van der Waals surface area contributed by atoms with Gasteiger partial charge in [-0.3, -0.25) is 4.79 Å². The maximum atomic E-state index is 12.5. The second kappa shape index (κ2) is 3.06. The second-order valence-electron chi connectivity index (χ2n) is 2.97. The molecule has 0 saturated carbocycles. The van der Waals surface area contributed by atoms with Crippen LogP contribution in [0.4, 0.5) is 13.2 Å². The lowest BCUT2D eigenvalue weighted by Crippen LogP contribution is -2.22. The maximum Gasteiger partial charge on any atom is 0.416 e. The van der Waals surface area contributed by atoms with Crippen molar-refractivity contribution >= 4 is 16.2 Å². The van der Waals surface area contributed by atoms with Crippen molar-refractivity contribution in [3.63, 3.8) is 0 Å². The average molecular weight is 234 g/mol. The first kappa shape index (κ1) is 10.2. The van der Waals surface area contributed by atoms with Crippen molar-refractivity contribution in [2.75, 3.05) is 0 Å². The van der Waals surface area contributed by atoms with E-state index >= 15 is 0 Å². The van der Waals surface area contributed by atoms with Crippen molar-refractivity contribution in [2.24, 2.45) is 0 Å². The summed E-state index contributed by atoms with van der Waals surface area (Å²) in [6.07, 6.45) is -4.50. The Kier molecular flexibility index (Phi) is 2.07. The third kappa shape index (κ3) is 1.52. The summed E-state index contributed by atoms with van der Waals surface area (Å²) in [7, 11) is 0. The van der Waals surface area contributed by atoms with Crippen LogP contribution in [0.5, 0.6) is 0 Å². The van der Waals surface area contributed by atoms with E-state index in [1.54, 1.807) is 0 Å². The highest BCUT2D eigenvalue weighted by atomic mass is 32.1. The van der Waals surface area contributed by atoms with Crippen molar-refractivity contribution < 1.29 is 13.2 Å². The number of nitrogens with zero attached hydrogens (tertiary/aromatic N) is 2. The molecule has 0 N–H and O–H groups in total. The summed E-state index contributed by atoms with van der Waals surface area (Å²) < 4.78 is 38.5. The number of pyridine rings is 1. The molecular weight excluding hydrogens is 229 g/mol. The molecule has 2 rings (SSSR count). The minimum atomic E-state index is -4.50. The second-order valence-corrected chi connectivity index (χ2v) is 3.84. The lowest BCUT2D eigenvalue weighted by atomic mass is 10.1. The zero-order chi connectivity index (χ0) is 11.2. The van der Waals surface area contributed by atoms with Crippen LogP contribution in [0, 0.1) is 6.92 Å². The van der Waals surface area contributed by atoms with Crippen LogP contribution in [0.15, 0.2) is 16.4 Å². The average Bonchev–Trinajstić information content (AvgIpc) is 2.57. The minimum Gasteiger partial charge on any atom is -0.267 e. The smallest absolute Gasteiger partial charge is 0.267 e. The van der Waals surface area contributed by atoms with Gasteiger partial charge in [-0.1, -0.05) is 0 Å². The van der Waals surface area contributed by atoms with Gasteiger partial charge >= 0.3 is 6.18 Å². The zero-order valence-electron chi connectivity index (χ0n) is 7.50. The summed E-state index contributed by atoms with van der Waals surface area (Å²) in [6.45, 7) is 1.15. The minimum absolute atomic E-state index is 0.193. The van der Waals surface area contributed by atoms with Gasteiger partial charge in [0.1, 0.15) is 10.3 Å². The molecule has 15 heavy (non-hydrogen) atoms. The summed E-state index contributed by atoms with van der Waals surface area (Å²) in [6, 6.07) is 0.939. The Labute approximate surface area is 85.8 Å². The molecule has 0 atom stereocenters. The number of fused-ring (bicyclic) bond motifs is 1. The van der Waals surface area contributed by atoms with Crippen LogP contribution in [0.1, 0.15) is 11.1 Å². The van der Waals surface area contributed by atoms with E-state index in [1.165, 1.54) is 5.51 Å². The van der Waals surface area contributed by atoms with Gasteiger partial charge in [0, 0.05) is 5.56 Å². The first-order chi connectivity index (χ1) is 6.91. The van der Waals surface area contributed by atoms with Crippen molar-refractivity contribution in [3.8, 4) is 0 Å². The maximum absolute atomic E-state index is 12.5. The van der Waals surface area contributed by atoms with Gasteiger partial charge in [-0.2, -0.15) is 22.8 Å². The van der Waals surface area contributed by atoms with E-state index in [4.69, 9.17) is 0 Å². The molecule has 80 valence electrons. The lowest BCUT2D eigenvalue weighted by Gasteiger charge is -2.08. The Morgan fingerprint density at radius 1 is 1.47 bits per heavy atom. The normalized spacial score (nSPS) is 12.3. The number of rotatable bonds is 0. The van der Waals surface area contributed by atoms with Crippen LogP contribution in [0.2, 0.25) is 0 Å². The van der Waals surface area contributed by atoms with Gasteiger partial charge in [-0.15, -0.1) is 11.3 Å². The molecule has 2 aromatic heterocycles. The van der Waals surface area contributed by atoms with E-state index in [-0.39, 0.29) is 10.4 Å². The molecule has 3 nitrogen and oxygen atoms in total. The molecule has 0 unspecified atom stereocenters. The number of aromatic nitrogens is 2. The highest BCUT2D eigenvalue weighted by Crippen LogP contribution is 2.31. The molecule has 0 saturated heterocycles. The van der Waals surface area contributed by atoms with Gasteiger partial charge in [-0.05, 0) is 13.0 Å². The summed E-state index contributed by atoms with van der Waals surface area (Å²) in [4.78, 5) is 11.7. The quantitative estimate of drug-likeness (QED) is 0.699. The predicted octanol–water partition coefficient (Wildman–Crippen LogP) is 2.08. The number of hydrogen-bond acceptors (Lipinski definition) is 3. The van der Waals surface area contributed by atoms with Crippen molar-refractivity contribution in [1.29, 1.82) is 0 Å². The summed E-state index contributed by atoms with van der Waals surface area (Å²) in [5.41, 5.74) is -0.611. The molecule has 2 aromatic rings. The van der Waals surface area contributed by atoms with Gasteiger partial charge in [0.2, 0.25) is 0 Å². The molecule has 0 amide bonds. The zero-order valence-corrected chi connectivity index (χ0v) is 8.32. The van der Waals surface area contributed by atoms with Crippen LogP contribution >= 0.6 is 11.3 Å². The largest absolute Gasteiger partial charge is 0.416 e. The summed E-state index contributed by atoms with van der Waals surface area (Å²) >= 11 is 0.992. The first-order valence-electron chi connectivity index (χ1n) is 3.94. The number of halogens is 3. The molecule has 0 spiro atoms. The number of hydrogen-bond donors (Lipinski definition) is 0. The highest BCUT2D eigenvalue weighted by molar-refractivity contribution is 7.15. The molecule has 0 bridgehead atoms. The van der Waals surface area contributed by atoms with E-state index in [0.29, 0.717) is 0 Å². The fraction of sp³-hybridized carbons (Fsp3) is 0.250. The fourth-order valence-corrected chi connectivity index (χ4v) is 1.94. The van der Waals surface area contributed by atoms with E-state index in [2.05, 4.69) is 5.10 Å². The van der Waals surface area contributed by atoms with Gasteiger partial charge < -0.3 is 0 Å². The molecule has 0 aromatic carbocycles. The Bertz CT molecular complexity index is 569. The van der Waals surface area contributed by atoms with Gasteiger partial charge in [-0.25, -0.2) is 0 Å². The van der Waals surface area contributed by atoms with Crippen molar-refractivity contribution in [3.05, 3.63) is 33.1 Å². The third-order valence-corrected chi connectivity index (χ3v) is 2.77. The Balaban J connectivity index is 2.88. The first-order valence-corrected chi connectivity index (χ1v) is 4.82. The Hall–Kier alpha value is -1.37. The van der Waals surface area contributed by atoms with Crippen LogP contribution < -0.4 is 5.56 Å². The van der Waals surface area contributed by atoms with Gasteiger partial charge in [0.25, 0.3) is 5.56 Å². The van der Waals surface area contributed by atoms with E-state index in [1.807, 2.05) is 0 Å². The topological polar surface area (TPSA) is 34.4 Å². The molecule has 2 heterocycles. The summed E-state index contributed by atoms with van der Waals surface area (Å²) in [5, 5.41) is 3.66. The Morgan fingerprint density at radius 2 is 2.13 bits per heavy atom. The molecule has 0 aliphatic rings. The highest BCUT2D eigenvalue weighted by Gasteiger charge is 2.34. The van der Waals surface area contributed by atoms with E-state index in [9.17, 15) is 18.0 Å². The molecule has 0 aliphatic carbocycles. The van der Waals surface area contributed by atoms with Crippen molar-refractivity contribution in [1.82, 2.24) is 9.61 Å². The third-order valence-electron chi connectivity index (χ3n) is 2.04. The monoisotopic (exact) mass is 234 g/mol. The van der Waals surface area contributed by atoms with Crippen LogP contribution in [-0.4, -0.2) is 9.61 Å². The van der Waals surface area contributed by atoms with E-state index in [0.717, 1.165) is 28.8 Å². The van der Waals surface area contributed by atoms with Crippen LogP contribution in [-0.2, 0) is 6.18 Å². The molecule has 0 fully saturated rings. The predicted molar refractivity (Wildman–Crippen MR) is 49.1 cm³/mol. The summed E-state index contributed by atoms with van der Waals surface area (Å²) in [5.74, 6) is 0. The lowest BCUT2D eigenvalue weighted by molar-refractivity contribution is -0.138. The standard InChI is InChI=1S/C8H5F3N2OS/c1-4-5(8(9,10)11)2-6-13(7(4)14)12-3-15-6/h2-3H,1H3.